The number of pyridine rings is 1. The summed E-state index contributed by atoms with van der Waals surface area (Å²) in [6.45, 7) is 1.66. The molecule has 7 nitrogen and oxygen atoms in total. The Kier molecular flexibility index (Phi) is 7.01. The van der Waals surface area contributed by atoms with E-state index in [0.717, 1.165) is 0 Å². The Morgan fingerprint density at radius 2 is 2.11 bits per heavy atom. The maximum absolute atomic E-state index is 14.1. The third-order valence-electron chi connectivity index (χ3n) is 5.82. The summed E-state index contributed by atoms with van der Waals surface area (Å²) in [6.07, 6.45) is 4.56. The second-order valence-electron chi connectivity index (χ2n) is 8.28. The van der Waals surface area contributed by atoms with Crippen molar-refractivity contribution in [3.63, 3.8) is 0 Å². The first kappa shape index (κ1) is 25.7. The maximum atomic E-state index is 14.1. The molecular formula is C25H20Cl2FN3O4S2. The van der Waals surface area contributed by atoms with E-state index in [9.17, 15) is 12.8 Å². The molecule has 0 amide bonds. The van der Waals surface area contributed by atoms with Crippen LogP contribution in [0.15, 0.2) is 64.8 Å². The molecule has 0 spiro atoms. The van der Waals surface area contributed by atoms with E-state index in [1.807, 2.05) is 12.1 Å². The first-order valence-electron chi connectivity index (χ1n) is 11.0. The number of furan rings is 1. The lowest BCUT2D eigenvalue weighted by Gasteiger charge is -2.18. The van der Waals surface area contributed by atoms with Gasteiger partial charge in [-0.05, 0) is 48.6 Å². The van der Waals surface area contributed by atoms with Crippen LogP contribution < -0.4 is 15.2 Å². The fourth-order valence-electron chi connectivity index (χ4n) is 4.01. The van der Waals surface area contributed by atoms with E-state index in [4.69, 9.17) is 38.1 Å². The number of fused-ring (bicyclic) bond motifs is 1. The van der Waals surface area contributed by atoms with Crippen LogP contribution >= 0.6 is 35.0 Å². The molecule has 2 aromatic heterocycles. The Bertz CT molecular complexity index is 1630. The molecule has 0 saturated carbocycles. The minimum Gasteiger partial charge on any atom is -0.478 e. The highest BCUT2D eigenvalue weighted by atomic mass is 35.5. The van der Waals surface area contributed by atoms with Gasteiger partial charge in [-0.25, -0.2) is 17.8 Å². The number of benzene rings is 2. The molecular weight excluding hydrogens is 560 g/mol. The van der Waals surface area contributed by atoms with Crippen LogP contribution in [-0.2, 0) is 10.0 Å². The van der Waals surface area contributed by atoms with Gasteiger partial charge >= 0.3 is 0 Å². The van der Waals surface area contributed by atoms with E-state index in [1.54, 1.807) is 36.7 Å². The van der Waals surface area contributed by atoms with Gasteiger partial charge in [-0.2, -0.15) is 0 Å². The lowest BCUT2D eigenvalue weighted by atomic mass is 10.1. The summed E-state index contributed by atoms with van der Waals surface area (Å²) in [5, 5.41) is 2.46. The van der Waals surface area contributed by atoms with Gasteiger partial charge in [0.2, 0.25) is 15.8 Å². The Morgan fingerprint density at radius 3 is 2.86 bits per heavy atom. The summed E-state index contributed by atoms with van der Waals surface area (Å²) in [7, 11) is -3.57. The number of hydrogen-bond acceptors (Lipinski definition) is 7. The molecule has 3 heterocycles. The van der Waals surface area contributed by atoms with Crippen molar-refractivity contribution in [1.82, 2.24) is 4.98 Å². The number of nitrogen functional groups attached to an aromatic ring is 1. The van der Waals surface area contributed by atoms with Gasteiger partial charge in [-0.3, -0.25) is 4.72 Å². The second kappa shape index (κ2) is 10.1. The molecule has 0 fully saturated rings. The number of halogens is 3. The molecule has 0 saturated heterocycles. The largest absolute Gasteiger partial charge is 0.478 e. The number of ether oxygens (including phenoxy) is 1. The fraction of sp³-hybridized carbons (Fsp3) is 0.160. The summed E-state index contributed by atoms with van der Waals surface area (Å²) in [6, 6.07) is 9.52. The van der Waals surface area contributed by atoms with Crippen molar-refractivity contribution in [2.75, 3.05) is 10.5 Å². The molecule has 0 aliphatic carbocycles. The molecule has 5 rings (SSSR count). The Labute approximate surface area is 226 Å². The van der Waals surface area contributed by atoms with Crippen LogP contribution in [0.25, 0.3) is 22.1 Å². The van der Waals surface area contributed by atoms with Gasteiger partial charge in [-0.1, -0.05) is 41.4 Å². The standard InChI is InChI=1S/C25H20Cl2FN3O4S2/c1-13(21-18(26)7-8-19(28)22(21)27)35-24-23-16(11-30-25(24)29)17(12-34-23)14-4-2-5-15(10-14)31-37(32,33)20-6-3-9-36-20/h2-5,7-13,20,31H,6H2,1H3,(H2,29,30)/t13-,20?/m1/s1. The van der Waals surface area contributed by atoms with Crippen molar-refractivity contribution < 1.29 is 22.0 Å². The molecule has 0 bridgehead atoms. The molecule has 37 heavy (non-hydrogen) atoms. The van der Waals surface area contributed by atoms with Crippen molar-refractivity contribution in [3.8, 4) is 16.9 Å². The van der Waals surface area contributed by atoms with E-state index in [1.165, 1.54) is 30.2 Å². The number of aromatic nitrogens is 1. The van der Waals surface area contributed by atoms with Crippen molar-refractivity contribution in [2.45, 2.75) is 24.0 Å². The highest BCUT2D eigenvalue weighted by Crippen LogP contribution is 2.42. The monoisotopic (exact) mass is 579 g/mol. The zero-order chi connectivity index (χ0) is 26.3. The van der Waals surface area contributed by atoms with E-state index >= 15 is 0 Å². The summed E-state index contributed by atoms with van der Waals surface area (Å²) in [5.74, 6) is -0.414. The highest BCUT2D eigenvalue weighted by molar-refractivity contribution is 8.15. The number of allylic oxidation sites excluding steroid dienone is 1. The molecule has 1 unspecified atom stereocenters. The van der Waals surface area contributed by atoms with Crippen LogP contribution in [0.5, 0.6) is 5.75 Å². The Morgan fingerprint density at radius 1 is 1.30 bits per heavy atom. The van der Waals surface area contributed by atoms with E-state index < -0.39 is 26.5 Å². The zero-order valence-corrected chi connectivity index (χ0v) is 22.4. The Balaban J connectivity index is 1.48. The first-order valence-corrected chi connectivity index (χ1v) is 14.3. The van der Waals surface area contributed by atoms with Crippen LogP contribution in [0.4, 0.5) is 15.9 Å². The predicted octanol–water partition coefficient (Wildman–Crippen LogP) is 7.38. The van der Waals surface area contributed by atoms with Crippen LogP contribution in [0.1, 0.15) is 25.0 Å². The molecule has 2 atom stereocenters. The first-order chi connectivity index (χ1) is 17.7. The van der Waals surface area contributed by atoms with Crippen LogP contribution in [0, 0.1) is 5.82 Å². The number of sulfonamides is 1. The average molecular weight is 580 g/mol. The van der Waals surface area contributed by atoms with Gasteiger partial charge < -0.3 is 14.9 Å². The quantitative estimate of drug-likeness (QED) is 0.220. The SMILES string of the molecule is C[C@@H](Oc1c(N)ncc2c(-c3cccc(NS(=O)(=O)C4CC=CS4)c3)coc12)c1c(Cl)ccc(F)c1Cl. The highest BCUT2D eigenvalue weighted by Gasteiger charge is 2.27. The average Bonchev–Trinajstić information content (AvgIpc) is 3.54. The lowest BCUT2D eigenvalue weighted by molar-refractivity contribution is 0.227. The van der Waals surface area contributed by atoms with E-state index in [-0.39, 0.29) is 27.2 Å². The summed E-state index contributed by atoms with van der Waals surface area (Å²) >= 11 is 13.7. The van der Waals surface area contributed by atoms with Crippen LogP contribution in [0.3, 0.4) is 0 Å². The number of nitrogens with two attached hydrogens (primary N) is 1. The number of nitrogens with one attached hydrogen (secondary N) is 1. The van der Waals surface area contributed by atoms with Gasteiger partial charge in [0, 0.05) is 28.0 Å². The summed E-state index contributed by atoms with van der Waals surface area (Å²) in [5.41, 5.74) is 8.45. The van der Waals surface area contributed by atoms with Crippen LogP contribution in [0.2, 0.25) is 10.0 Å². The van der Waals surface area contributed by atoms with Crippen molar-refractivity contribution in [3.05, 3.63) is 81.8 Å². The normalized spacial score (nSPS) is 16.3. The Hall–Kier alpha value is -2.92. The number of anilines is 2. The molecule has 3 N–H and O–H groups in total. The third kappa shape index (κ3) is 4.98. The van der Waals surface area contributed by atoms with Gasteiger partial charge in [0.1, 0.15) is 16.5 Å². The number of hydrogen-bond donors (Lipinski definition) is 2. The van der Waals surface area contributed by atoms with Gasteiger partial charge in [-0.15, -0.1) is 11.8 Å². The number of thioether (sulfide) groups is 1. The smallest absolute Gasteiger partial charge is 0.245 e. The van der Waals surface area contributed by atoms with Gasteiger partial charge in [0.05, 0.1) is 16.7 Å². The van der Waals surface area contributed by atoms with Crippen molar-refractivity contribution in [1.29, 1.82) is 0 Å². The molecule has 192 valence electrons. The number of rotatable bonds is 7. The van der Waals surface area contributed by atoms with Crippen LogP contribution in [-0.4, -0.2) is 18.0 Å². The minimum absolute atomic E-state index is 0.0630. The molecule has 1 aliphatic heterocycles. The topological polar surface area (TPSA) is 107 Å². The zero-order valence-electron chi connectivity index (χ0n) is 19.2. The van der Waals surface area contributed by atoms with Crippen molar-refractivity contribution >= 4 is 67.5 Å². The maximum Gasteiger partial charge on any atom is 0.245 e. The van der Waals surface area contributed by atoms with Crippen molar-refractivity contribution in [2.24, 2.45) is 0 Å². The molecule has 0 radical (unpaired) electrons. The predicted molar refractivity (Wildman–Crippen MR) is 147 cm³/mol. The second-order valence-corrected chi connectivity index (χ2v) is 12.3. The van der Waals surface area contributed by atoms with Gasteiger partial charge in [0.15, 0.2) is 11.4 Å². The van der Waals surface area contributed by atoms with Gasteiger partial charge in [0.25, 0.3) is 0 Å². The molecule has 12 heteroatoms. The third-order valence-corrected chi connectivity index (χ3v) is 9.87. The lowest BCUT2D eigenvalue weighted by Crippen LogP contribution is -2.23. The fourth-order valence-corrected chi connectivity index (χ4v) is 7.19. The molecule has 1 aliphatic rings. The summed E-state index contributed by atoms with van der Waals surface area (Å²) in [4.78, 5) is 4.24. The minimum atomic E-state index is -3.57. The van der Waals surface area contributed by atoms with E-state index in [2.05, 4.69) is 9.71 Å². The molecule has 4 aromatic rings. The van der Waals surface area contributed by atoms with E-state index in [0.29, 0.717) is 34.2 Å². The molecule has 2 aromatic carbocycles. The summed E-state index contributed by atoms with van der Waals surface area (Å²) < 4.78 is 53.4. The number of nitrogens with zero attached hydrogens (tertiary/aromatic N) is 1.